The van der Waals surface area contributed by atoms with Crippen LogP contribution in [0.5, 0.6) is 0 Å². The van der Waals surface area contributed by atoms with Crippen LogP contribution in [-0.2, 0) is 9.59 Å². The predicted octanol–water partition coefficient (Wildman–Crippen LogP) is 4.43. The Kier molecular flexibility index (Phi) is 23.9. The number of rotatable bonds is 19. The van der Waals surface area contributed by atoms with E-state index in [-0.39, 0.29) is 35.5 Å². The number of unbranched alkanes of at least 4 members (excludes halogenated alkanes) is 14. The Morgan fingerprint density at radius 2 is 1.11 bits per heavy atom. The number of carbonyl (C=O) groups excluding carboxylic acids is 1. The minimum atomic E-state index is -1.20. The largest absolute Gasteiger partial charge is 0.480 e. The second-order valence-corrected chi connectivity index (χ2v) is 7.34. The zero-order valence-corrected chi connectivity index (χ0v) is 19.8. The van der Waals surface area contributed by atoms with Crippen LogP contribution in [0.4, 0.5) is 0 Å². The molecule has 6 heteroatoms. The van der Waals surface area contributed by atoms with Gasteiger partial charge in [0.15, 0.2) is 0 Å². The number of aliphatic hydroxyl groups excluding tert-OH is 1. The van der Waals surface area contributed by atoms with E-state index >= 15 is 0 Å². The molecule has 3 N–H and O–H groups in total. The summed E-state index contributed by atoms with van der Waals surface area (Å²) in [6.45, 7) is 1.69. The van der Waals surface area contributed by atoms with Gasteiger partial charge in [0.1, 0.15) is 6.04 Å². The first-order valence-corrected chi connectivity index (χ1v) is 10.7. The molecule has 0 aromatic heterocycles. The number of hydrogen-bond donors (Lipinski definition) is 3. The molecule has 0 aliphatic heterocycles. The molecule has 0 spiro atoms. The van der Waals surface area contributed by atoms with Gasteiger partial charge in [-0.2, -0.15) is 0 Å². The molecule has 1 radical (unpaired) electrons. The average molecular weight is 395 g/mol. The first kappa shape index (κ1) is 29.1. The Morgan fingerprint density at radius 1 is 0.741 bits per heavy atom. The predicted molar refractivity (Wildman–Crippen MR) is 112 cm³/mol. The second-order valence-electron chi connectivity index (χ2n) is 7.34. The molecular weight excluding hydrogens is 353 g/mol. The fourth-order valence-corrected chi connectivity index (χ4v) is 3.11. The molecule has 0 aromatic carbocycles. The van der Waals surface area contributed by atoms with Crippen molar-refractivity contribution >= 4 is 41.4 Å². The van der Waals surface area contributed by atoms with Gasteiger partial charge in [0.2, 0.25) is 5.91 Å². The van der Waals surface area contributed by atoms with E-state index in [9.17, 15) is 9.59 Å². The molecule has 27 heavy (non-hydrogen) atoms. The number of carboxylic acid groups (broad SMARTS) is 1. The molecule has 0 bridgehead atoms. The summed E-state index contributed by atoms with van der Waals surface area (Å²) in [4.78, 5) is 22.3. The zero-order chi connectivity index (χ0) is 19.5. The average Bonchev–Trinajstić information content (AvgIpc) is 2.62. The Bertz CT molecular complexity index is 353. The molecule has 0 saturated carbocycles. The van der Waals surface area contributed by atoms with Gasteiger partial charge in [-0.15, -0.1) is 0 Å². The molecule has 0 rings (SSSR count). The number of amides is 1. The van der Waals surface area contributed by atoms with Crippen LogP contribution in [0.15, 0.2) is 0 Å². The van der Waals surface area contributed by atoms with Crippen molar-refractivity contribution in [3.05, 3.63) is 0 Å². The number of aliphatic carboxylic acids is 1. The van der Waals surface area contributed by atoms with E-state index in [0.717, 1.165) is 19.3 Å². The summed E-state index contributed by atoms with van der Waals surface area (Å²) in [7, 11) is 0. The molecule has 5 nitrogen and oxygen atoms in total. The molecule has 0 aliphatic rings. The van der Waals surface area contributed by atoms with E-state index in [4.69, 9.17) is 10.2 Å². The Labute approximate surface area is 188 Å². The fraction of sp³-hybridized carbons (Fsp3) is 0.905. The molecule has 0 fully saturated rings. The quantitative estimate of drug-likeness (QED) is 0.223. The Hall–Kier alpha value is -0.100. The van der Waals surface area contributed by atoms with Crippen molar-refractivity contribution < 1.29 is 19.8 Å². The van der Waals surface area contributed by atoms with Crippen molar-refractivity contribution in [1.29, 1.82) is 0 Å². The van der Waals surface area contributed by atoms with Gasteiger partial charge >= 0.3 is 5.97 Å². The van der Waals surface area contributed by atoms with Gasteiger partial charge in [-0.3, -0.25) is 4.79 Å². The first-order valence-electron chi connectivity index (χ1n) is 10.7. The van der Waals surface area contributed by atoms with Gasteiger partial charge in [-0.1, -0.05) is 96.8 Å². The van der Waals surface area contributed by atoms with Crippen molar-refractivity contribution in [2.24, 2.45) is 0 Å². The molecule has 0 heterocycles. The van der Waals surface area contributed by atoms with Gasteiger partial charge < -0.3 is 15.5 Å². The molecule has 0 aliphatic carbocycles. The number of aliphatic hydroxyl groups is 1. The summed E-state index contributed by atoms with van der Waals surface area (Å²) in [5.41, 5.74) is 0. The van der Waals surface area contributed by atoms with Crippen LogP contribution in [-0.4, -0.2) is 64.3 Å². The summed E-state index contributed by atoms with van der Waals surface area (Å²) in [6.07, 6.45) is 19.4. The van der Waals surface area contributed by atoms with Gasteiger partial charge in [-0.25, -0.2) is 4.79 Å². The maximum atomic E-state index is 11.6. The minimum absolute atomic E-state index is 0. The van der Waals surface area contributed by atoms with Gasteiger partial charge in [0.05, 0.1) is 6.61 Å². The van der Waals surface area contributed by atoms with Crippen molar-refractivity contribution in [1.82, 2.24) is 5.32 Å². The van der Waals surface area contributed by atoms with Crippen molar-refractivity contribution in [3.8, 4) is 0 Å². The number of hydrogen-bond acceptors (Lipinski definition) is 3. The van der Waals surface area contributed by atoms with Crippen LogP contribution < -0.4 is 5.32 Å². The van der Waals surface area contributed by atoms with Crippen LogP contribution in [0.2, 0.25) is 0 Å². The molecule has 0 saturated heterocycles. The van der Waals surface area contributed by atoms with E-state index in [1.807, 2.05) is 0 Å². The molecule has 0 aromatic rings. The molecule has 155 valence electrons. The third kappa shape index (κ3) is 20.4. The summed E-state index contributed by atoms with van der Waals surface area (Å²) in [5, 5.41) is 19.9. The minimum Gasteiger partial charge on any atom is -0.480 e. The van der Waals surface area contributed by atoms with Crippen molar-refractivity contribution in [2.45, 2.75) is 116 Å². The van der Waals surface area contributed by atoms with Crippen molar-refractivity contribution in [2.75, 3.05) is 6.61 Å². The zero-order valence-electron chi connectivity index (χ0n) is 17.8. The Morgan fingerprint density at radius 3 is 1.44 bits per heavy atom. The molecule has 1 atom stereocenters. The van der Waals surface area contributed by atoms with Gasteiger partial charge in [0, 0.05) is 36.0 Å². The first-order chi connectivity index (χ1) is 12.6. The Balaban J connectivity index is 0. The SMILES string of the molecule is CCCCCCCCCCCCCCCCCC(=O)N[C@@H](CO)C(=O)O.[Na]. The third-order valence-electron chi connectivity index (χ3n) is 4.82. The molecule has 1 amide bonds. The smallest absolute Gasteiger partial charge is 0.328 e. The summed E-state index contributed by atoms with van der Waals surface area (Å²) in [5.74, 6) is -1.49. The molecule has 0 unspecified atom stereocenters. The monoisotopic (exact) mass is 394 g/mol. The van der Waals surface area contributed by atoms with Gasteiger partial charge in [-0.05, 0) is 6.42 Å². The normalized spacial score (nSPS) is 11.6. The van der Waals surface area contributed by atoms with E-state index < -0.39 is 18.6 Å². The molecular formula is C21H41NNaO4. The number of carbonyl (C=O) groups is 2. The van der Waals surface area contributed by atoms with Gasteiger partial charge in [0.25, 0.3) is 0 Å². The van der Waals surface area contributed by atoms with E-state index in [2.05, 4.69) is 12.2 Å². The summed E-state index contributed by atoms with van der Waals surface area (Å²) >= 11 is 0. The van der Waals surface area contributed by atoms with Crippen LogP contribution in [0.1, 0.15) is 110 Å². The van der Waals surface area contributed by atoms with Crippen LogP contribution in [0, 0.1) is 0 Å². The van der Waals surface area contributed by atoms with E-state index in [1.54, 1.807) is 0 Å². The third-order valence-corrected chi connectivity index (χ3v) is 4.82. The fourth-order valence-electron chi connectivity index (χ4n) is 3.11. The van der Waals surface area contributed by atoms with E-state index in [1.165, 1.54) is 77.0 Å². The second kappa shape index (κ2) is 22.2. The standard InChI is InChI=1S/C21H41NO4.Na/c1-2-3-4-5-6-7-8-9-10-11-12-13-14-15-16-17-20(24)22-19(18-23)21(25)26;/h19,23H,2-18H2,1H3,(H,22,24)(H,25,26);/t19-;/m0./s1. The topological polar surface area (TPSA) is 86.6 Å². The summed E-state index contributed by atoms with van der Waals surface area (Å²) in [6, 6.07) is -1.18. The number of nitrogens with one attached hydrogen (secondary N) is 1. The van der Waals surface area contributed by atoms with E-state index in [0.29, 0.717) is 6.42 Å². The van der Waals surface area contributed by atoms with Crippen LogP contribution in [0.25, 0.3) is 0 Å². The summed E-state index contributed by atoms with van der Waals surface area (Å²) < 4.78 is 0. The number of carboxylic acids is 1. The van der Waals surface area contributed by atoms with Crippen molar-refractivity contribution in [3.63, 3.8) is 0 Å². The maximum Gasteiger partial charge on any atom is 0.328 e. The van der Waals surface area contributed by atoms with Crippen LogP contribution >= 0.6 is 0 Å². The van der Waals surface area contributed by atoms with Crippen LogP contribution in [0.3, 0.4) is 0 Å². The maximum absolute atomic E-state index is 11.6.